The number of benzene rings is 1. The van der Waals surface area contributed by atoms with Gasteiger partial charge >= 0.3 is 12.2 Å². The first-order valence-corrected chi connectivity index (χ1v) is 11.7. The van der Waals surface area contributed by atoms with Crippen molar-refractivity contribution in [1.82, 2.24) is 15.1 Å². The molecule has 3 aliphatic rings. The van der Waals surface area contributed by atoms with E-state index in [1.54, 1.807) is 0 Å². The average Bonchev–Trinajstić information content (AvgIpc) is 3.20. The zero-order chi connectivity index (χ0) is 27.4. The summed E-state index contributed by atoms with van der Waals surface area (Å²) in [5.41, 5.74) is -3.02. The van der Waals surface area contributed by atoms with Crippen molar-refractivity contribution in [3.63, 3.8) is 0 Å². The summed E-state index contributed by atoms with van der Waals surface area (Å²) >= 11 is 3.04. The lowest BCUT2D eigenvalue weighted by Gasteiger charge is -2.32. The van der Waals surface area contributed by atoms with Gasteiger partial charge in [-0.2, -0.15) is 13.2 Å². The van der Waals surface area contributed by atoms with Crippen LogP contribution >= 0.6 is 15.9 Å². The topological polar surface area (TPSA) is 124 Å². The van der Waals surface area contributed by atoms with Crippen molar-refractivity contribution < 1.29 is 46.6 Å². The Hall–Kier alpha value is -3.39. The normalized spacial score (nSPS) is 26.2. The van der Waals surface area contributed by atoms with Crippen LogP contribution in [0.3, 0.4) is 0 Å². The molecule has 2 N–H and O–H groups in total. The van der Waals surface area contributed by atoms with Crippen molar-refractivity contribution in [1.29, 1.82) is 0 Å². The van der Waals surface area contributed by atoms with Crippen molar-refractivity contribution in [3.05, 3.63) is 58.9 Å². The minimum absolute atomic E-state index is 0.151. The van der Waals surface area contributed by atoms with Gasteiger partial charge in [0.2, 0.25) is 17.2 Å². The summed E-state index contributed by atoms with van der Waals surface area (Å²) < 4.78 is 53.9. The minimum Gasteiger partial charge on any atom is -0.380 e. The fourth-order valence-electron chi connectivity index (χ4n) is 4.42. The van der Waals surface area contributed by atoms with Gasteiger partial charge in [-0.25, -0.2) is 9.18 Å². The molecule has 4 amide bonds. The fourth-order valence-corrected chi connectivity index (χ4v) is 4.82. The van der Waals surface area contributed by atoms with Gasteiger partial charge in [0.1, 0.15) is 24.5 Å². The van der Waals surface area contributed by atoms with E-state index in [-0.39, 0.29) is 16.0 Å². The number of amides is 4. The Labute approximate surface area is 214 Å². The Balaban J connectivity index is 1.64. The molecule has 0 saturated carbocycles. The maximum Gasteiger partial charge on any atom is 0.408 e. The molecule has 2 aliphatic carbocycles. The summed E-state index contributed by atoms with van der Waals surface area (Å²) in [6.07, 6.45) is -4.41. The number of carbonyl (C=O) groups is 5. The van der Waals surface area contributed by atoms with Gasteiger partial charge in [0.25, 0.3) is 5.91 Å². The van der Waals surface area contributed by atoms with Crippen LogP contribution < -0.4 is 5.32 Å². The number of ketones is 2. The van der Waals surface area contributed by atoms with Gasteiger partial charge in [0, 0.05) is 17.7 Å². The van der Waals surface area contributed by atoms with Crippen LogP contribution in [0.5, 0.6) is 0 Å². The molecule has 1 aromatic rings. The number of nitrogens with zero attached hydrogens (tertiary/aromatic N) is 2. The van der Waals surface area contributed by atoms with Crippen LogP contribution in [0.25, 0.3) is 0 Å². The van der Waals surface area contributed by atoms with E-state index in [4.69, 9.17) is 0 Å². The summed E-state index contributed by atoms with van der Waals surface area (Å²) in [6.45, 7) is -1.08. The molecule has 14 heteroatoms. The molecule has 1 saturated heterocycles. The fraction of sp³-hybridized carbons (Fsp3) is 0.348. The van der Waals surface area contributed by atoms with Gasteiger partial charge in [0.05, 0.1) is 4.83 Å². The second-order valence-electron chi connectivity index (χ2n) is 8.66. The summed E-state index contributed by atoms with van der Waals surface area (Å²) in [5.74, 6) is -5.18. The molecule has 9 nitrogen and oxygen atoms in total. The highest BCUT2D eigenvalue weighted by Crippen LogP contribution is 2.42. The molecule has 4 atom stereocenters. The molecule has 37 heavy (non-hydrogen) atoms. The highest BCUT2D eigenvalue weighted by molar-refractivity contribution is 9.10. The Morgan fingerprint density at radius 1 is 1.22 bits per heavy atom. The lowest BCUT2D eigenvalue weighted by Crippen LogP contribution is -2.55. The molecular weight excluding hydrogens is 570 g/mol. The maximum absolute atomic E-state index is 13.5. The largest absolute Gasteiger partial charge is 0.408 e. The number of nitrogens with one attached hydrogen (secondary N) is 1. The first-order valence-electron chi connectivity index (χ1n) is 10.8. The lowest BCUT2D eigenvalue weighted by atomic mass is 9.87. The third-order valence-corrected chi connectivity index (χ3v) is 7.18. The third-order valence-electron chi connectivity index (χ3n) is 6.46. The molecule has 0 bridgehead atoms. The van der Waals surface area contributed by atoms with Crippen LogP contribution in [0.4, 0.5) is 22.4 Å². The van der Waals surface area contributed by atoms with Gasteiger partial charge in [-0.05, 0) is 24.6 Å². The van der Waals surface area contributed by atoms with Crippen LogP contribution in [0.2, 0.25) is 0 Å². The quantitative estimate of drug-likeness (QED) is 0.233. The van der Waals surface area contributed by atoms with Gasteiger partial charge in [0.15, 0.2) is 5.78 Å². The highest BCUT2D eigenvalue weighted by atomic mass is 79.9. The molecule has 0 radical (unpaired) electrons. The maximum atomic E-state index is 13.5. The molecule has 1 spiro atoms. The zero-order valence-electron chi connectivity index (χ0n) is 18.9. The van der Waals surface area contributed by atoms with Crippen molar-refractivity contribution in [2.45, 2.75) is 42.2 Å². The summed E-state index contributed by atoms with van der Waals surface area (Å²) in [5, 5.41) is 12.5. The Morgan fingerprint density at radius 2 is 1.84 bits per heavy atom. The second-order valence-corrected chi connectivity index (χ2v) is 9.64. The number of alkyl halides is 4. The first-order chi connectivity index (χ1) is 17.2. The number of aliphatic hydroxyl groups is 1. The molecule has 1 fully saturated rings. The van der Waals surface area contributed by atoms with E-state index in [0.29, 0.717) is 11.8 Å². The number of fused-ring (bicyclic) bond motifs is 1. The average molecular weight is 588 g/mol. The van der Waals surface area contributed by atoms with Crippen molar-refractivity contribution >= 4 is 45.3 Å². The highest BCUT2D eigenvalue weighted by Gasteiger charge is 2.66. The first kappa shape index (κ1) is 26.7. The number of hydrogen-bond donors (Lipinski definition) is 2. The smallest absolute Gasteiger partial charge is 0.380 e. The molecule has 1 heterocycles. The number of urea groups is 1. The van der Waals surface area contributed by atoms with E-state index in [1.165, 1.54) is 24.3 Å². The second kappa shape index (κ2) is 9.17. The number of imide groups is 1. The number of carbonyl (C=O) groups excluding carboxylic acids is 5. The van der Waals surface area contributed by atoms with Crippen molar-refractivity contribution in [2.75, 3.05) is 6.54 Å². The molecular formula is C23H18BrF4N3O6. The SMILES string of the molecule is C[C@H](N(Cc1ccc(F)cc1)C(=O)CN1C(=O)NC2(C(=O)C(O)C3=C2C=CC(Br)C3=O)C1=O)C(F)(F)F. The molecule has 3 unspecified atom stereocenters. The molecule has 4 rings (SSSR count). The summed E-state index contributed by atoms with van der Waals surface area (Å²) in [4.78, 5) is 64.3. The van der Waals surface area contributed by atoms with Gasteiger partial charge in [-0.1, -0.05) is 40.2 Å². The van der Waals surface area contributed by atoms with Crippen LogP contribution in [0.1, 0.15) is 12.5 Å². The Bertz CT molecular complexity index is 1280. The predicted octanol–water partition coefficient (Wildman–Crippen LogP) is 1.54. The summed E-state index contributed by atoms with van der Waals surface area (Å²) in [6, 6.07) is 0.733. The Kier molecular flexibility index (Phi) is 6.61. The number of hydrogen-bond acceptors (Lipinski definition) is 6. The van der Waals surface area contributed by atoms with Crippen LogP contribution in [0.15, 0.2) is 47.6 Å². The van der Waals surface area contributed by atoms with E-state index in [2.05, 4.69) is 21.2 Å². The van der Waals surface area contributed by atoms with Gasteiger partial charge in [-0.15, -0.1) is 0 Å². The summed E-state index contributed by atoms with van der Waals surface area (Å²) in [7, 11) is 0. The van der Waals surface area contributed by atoms with Gasteiger partial charge < -0.3 is 15.3 Å². The van der Waals surface area contributed by atoms with Crippen molar-refractivity contribution in [2.24, 2.45) is 0 Å². The van der Waals surface area contributed by atoms with Crippen LogP contribution in [0, 0.1) is 5.82 Å². The van der Waals surface area contributed by atoms with E-state index in [9.17, 15) is 46.6 Å². The number of Topliss-reactive ketones (excluding diaryl/α,β-unsaturated/α-hetero) is 2. The van der Waals surface area contributed by atoms with E-state index >= 15 is 0 Å². The monoisotopic (exact) mass is 587 g/mol. The van der Waals surface area contributed by atoms with Crippen molar-refractivity contribution in [3.8, 4) is 0 Å². The van der Waals surface area contributed by atoms with Crippen LogP contribution in [-0.4, -0.2) is 79.6 Å². The van der Waals surface area contributed by atoms with E-state index in [0.717, 1.165) is 12.1 Å². The number of halogens is 5. The standard InChI is InChI=1S/C23H18BrF4N3O6/c1-10(23(26,27)28)30(8-11-2-4-12(25)5-3-11)15(32)9-31-20(36)22(29-21(31)37)13-6-7-14(24)17(33)16(13)18(34)19(22)35/h2-7,10,14,18,34H,8-9H2,1H3,(H,29,37)/t10-,14?,18?,22?/m0/s1. The van der Waals surface area contributed by atoms with E-state index in [1.807, 2.05) is 0 Å². The minimum atomic E-state index is -4.88. The zero-order valence-corrected chi connectivity index (χ0v) is 20.5. The molecule has 1 aromatic carbocycles. The third kappa shape index (κ3) is 4.27. The van der Waals surface area contributed by atoms with Crippen LogP contribution in [-0.2, 0) is 25.7 Å². The molecule has 196 valence electrons. The number of rotatable bonds is 5. The Morgan fingerprint density at radius 3 is 2.43 bits per heavy atom. The molecule has 0 aromatic heterocycles. The van der Waals surface area contributed by atoms with Gasteiger partial charge in [-0.3, -0.25) is 24.1 Å². The predicted molar refractivity (Wildman–Crippen MR) is 120 cm³/mol. The number of aliphatic hydroxyl groups excluding tert-OH is 1. The lowest BCUT2D eigenvalue weighted by molar-refractivity contribution is -0.187. The molecule has 1 aliphatic heterocycles. The van der Waals surface area contributed by atoms with E-state index < -0.39 is 82.6 Å². The number of allylic oxidation sites excluding steroid dienone is 1.